The number of carbonyl (C=O) groups excluding carboxylic acids is 1. The maximum Gasteiger partial charge on any atom is 0.241 e. The fourth-order valence-electron chi connectivity index (χ4n) is 2.45. The van der Waals surface area contributed by atoms with E-state index in [9.17, 15) is 13.6 Å². The highest BCUT2D eigenvalue weighted by molar-refractivity contribution is 5.95. The fourth-order valence-corrected chi connectivity index (χ4v) is 2.45. The molecular weight excluding hydrogens is 300 g/mol. The Morgan fingerprint density at radius 1 is 1.22 bits per heavy atom. The summed E-state index contributed by atoms with van der Waals surface area (Å²) in [7, 11) is 0. The fraction of sp³-hybridized carbons (Fsp3) is 0.118. The largest absolute Gasteiger partial charge is 0.361 e. The molecule has 1 aromatic heterocycles. The van der Waals surface area contributed by atoms with Crippen LogP contribution in [0.4, 0.5) is 14.5 Å². The van der Waals surface area contributed by atoms with Gasteiger partial charge >= 0.3 is 0 Å². The van der Waals surface area contributed by atoms with Gasteiger partial charge < -0.3 is 16.0 Å². The Morgan fingerprint density at radius 2 is 2.00 bits per heavy atom. The maximum atomic E-state index is 13.6. The van der Waals surface area contributed by atoms with Crippen molar-refractivity contribution in [2.75, 3.05) is 5.32 Å². The molecule has 0 bridgehead atoms. The lowest BCUT2D eigenvalue weighted by molar-refractivity contribution is -0.117. The molecule has 6 heteroatoms. The molecule has 23 heavy (non-hydrogen) atoms. The molecular formula is C17H15F2N3O. The molecule has 4 nitrogen and oxygen atoms in total. The predicted molar refractivity (Wildman–Crippen MR) is 85.0 cm³/mol. The first-order valence-electron chi connectivity index (χ1n) is 7.11. The molecule has 0 aliphatic heterocycles. The maximum absolute atomic E-state index is 13.6. The van der Waals surface area contributed by atoms with Crippen LogP contribution < -0.4 is 11.1 Å². The topological polar surface area (TPSA) is 70.9 Å². The Balaban J connectivity index is 1.72. The van der Waals surface area contributed by atoms with Gasteiger partial charge in [0.2, 0.25) is 5.91 Å². The summed E-state index contributed by atoms with van der Waals surface area (Å²) in [5, 5.41) is 3.37. The van der Waals surface area contributed by atoms with Crippen molar-refractivity contribution in [1.29, 1.82) is 0 Å². The number of para-hydroxylation sites is 1. The summed E-state index contributed by atoms with van der Waals surface area (Å²) in [4.78, 5) is 15.2. The van der Waals surface area contributed by atoms with Crippen molar-refractivity contribution < 1.29 is 13.6 Å². The number of amides is 1. The summed E-state index contributed by atoms with van der Waals surface area (Å²) < 4.78 is 26.4. The van der Waals surface area contributed by atoms with Crippen LogP contribution in [0, 0.1) is 11.6 Å². The summed E-state index contributed by atoms with van der Waals surface area (Å²) in [5.41, 5.74) is 7.68. The third kappa shape index (κ3) is 3.22. The zero-order chi connectivity index (χ0) is 16.4. The number of nitrogens with one attached hydrogen (secondary N) is 2. The van der Waals surface area contributed by atoms with Crippen molar-refractivity contribution in [3.8, 4) is 0 Å². The van der Waals surface area contributed by atoms with E-state index in [2.05, 4.69) is 10.3 Å². The van der Waals surface area contributed by atoms with Gasteiger partial charge in [-0.3, -0.25) is 4.79 Å². The zero-order valence-electron chi connectivity index (χ0n) is 12.1. The van der Waals surface area contributed by atoms with Gasteiger partial charge in [0.05, 0.1) is 11.7 Å². The third-order valence-corrected chi connectivity index (χ3v) is 3.64. The number of nitrogens with two attached hydrogens (primary N) is 1. The van der Waals surface area contributed by atoms with E-state index >= 15 is 0 Å². The van der Waals surface area contributed by atoms with Gasteiger partial charge in [0, 0.05) is 23.2 Å². The molecule has 0 spiro atoms. The van der Waals surface area contributed by atoms with Gasteiger partial charge in [-0.1, -0.05) is 18.2 Å². The van der Waals surface area contributed by atoms with Crippen molar-refractivity contribution in [3.63, 3.8) is 0 Å². The van der Waals surface area contributed by atoms with Gasteiger partial charge in [0.1, 0.15) is 11.6 Å². The van der Waals surface area contributed by atoms with Crippen LogP contribution in [0.25, 0.3) is 10.9 Å². The lowest BCUT2D eigenvalue weighted by atomic mass is 10.0. The van der Waals surface area contributed by atoms with E-state index in [1.165, 1.54) is 6.07 Å². The smallest absolute Gasteiger partial charge is 0.241 e. The molecule has 1 atom stereocenters. The number of H-pyrrole nitrogens is 1. The molecule has 0 aliphatic rings. The average molecular weight is 315 g/mol. The van der Waals surface area contributed by atoms with Crippen LogP contribution in [0.15, 0.2) is 48.7 Å². The monoisotopic (exact) mass is 315 g/mol. The number of anilines is 1. The highest BCUT2D eigenvalue weighted by atomic mass is 19.1. The lowest BCUT2D eigenvalue weighted by Gasteiger charge is -2.12. The molecule has 0 radical (unpaired) electrons. The Hall–Kier alpha value is -2.73. The Bertz CT molecular complexity index is 860. The van der Waals surface area contributed by atoms with Crippen LogP contribution in [0.5, 0.6) is 0 Å². The van der Waals surface area contributed by atoms with Crippen LogP contribution in [0.1, 0.15) is 5.56 Å². The van der Waals surface area contributed by atoms with Gasteiger partial charge in [-0.15, -0.1) is 0 Å². The van der Waals surface area contributed by atoms with Gasteiger partial charge in [-0.05, 0) is 30.2 Å². The third-order valence-electron chi connectivity index (χ3n) is 3.64. The van der Waals surface area contributed by atoms with Crippen LogP contribution in [-0.2, 0) is 11.2 Å². The number of hydrogen-bond donors (Lipinski definition) is 3. The molecule has 4 N–H and O–H groups in total. The van der Waals surface area contributed by atoms with Crippen LogP contribution in [0.3, 0.4) is 0 Å². The first-order chi connectivity index (χ1) is 11.0. The van der Waals surface area contributed by atoms with E-state index in [1.807, 2.05) is 24.3 Å². The highest BCUT2D eigenvalue weighted by Crippen LogP contribution is 2.20. The molecule has 0 saturated heterocycles. The standard InChI is InChI=1S/C17H15F2N3O/c18-11-5-6-16(13(19)8-11)22-17(23)14(20)7-10-9-21-15-4-2-1-3-12(10)15/h1-6,8-9,14,21H,7,20H2,(H,22,23)/t14-/m0/s1. The Kier molecular flexibility index (Phi) is 4.08. The Morgan fingerprint density at radius 3 is 2.78 bits per heavy atom. The van der Waals surface area contributed by atoms with Crippen molar-refractivity contribution in [2.24, 2.45) is 5.73 Å². The number of aromatic nitrogens is 1. The molecule has 0 aliphatic carbocycles. The number of halogens is 2. The second kappa shape index (κ2) is 6.18. The van der Waals surface area contributed by atoms with Crippen LogP contribution >= 0.6 is 0 Å². The summed E-state index contributed by atoms with van der Waals surface area (Å²) >= 11 is 0. The number of rotatable bonds is 4. The van der Waals surface area contributed by atoms with Gasteiger partial charge in [0.25, 0.3) is 0 Å². The van der Waals surface area contributed by atoms with E-state index in [4.69, 9.17) is 5.73 Å². The predicted octanol–water partition coefficient (Wildman–Crippen LogP) is 2.95. The number of benzene rings is 2. The zero-order valence-corrected chi connectivity index (χ0v) is 12.1. The lowest BCUT2D eigenvalue weighted by Crippen LogP contribution is -2.37. The quantitative estimate of drug-likeness (QED) is 0.693. The molecule has 3 rings (SSSR count). The number of hydrogen-bond acceptors (Lipinski definition) is 2. The van der Waals surface area contributed by atoms with Crippen LogP contribution in [0.2, 0.25) is 0 Å². The molecule has 1 amide bonds. The van der Waals surface area contributed by atoms with E-state index in [0.29, 0.717) is 12.5 Å². The molecule has 118 valence electrons. The normalized spacial score (nSPS) is 12.3. The van der Waals surface area contributed by atoms with Crippen LogP contribution in [-0.4, -0.2) is 16.9 Å². The van der Waals surface area contributed by atoms with E-state index in [1.54, 1.807) is 6.20 Å². The second-order valence-electron chi connectivity index (χ2n) is 5.28. The SMILES string of the molecule is N[C@@H](Cc1c[nH]c2ccccc12)C(=O)Nc1ccc(F)cc1F. The number of aromatic amines is 1. The van der Waals surface area contributed by atoms with Gasteiger partial charge in [0.15, 0.2) is 0 Å². The van der Waals surface area contributed by atoms with Crippen molar-refractivity contribution >= 4 is 22.5 Å². The molecule has 1 heterocycles. The molecule has 0 unspecified atom stereocenters. The van der Waals surface area contributed by atoms with Crippen molar-refractivity contribution in [1.82, 2.24) is 4.98 Å². The number of fused-ring (bicyclic) bond motifs is 1. The molecule has 3 aromatic rings. The molecule has 2 aromatic carbocycles. The Labute approximate surface area is 131 Å². The summed E-state index contributed by atoms with van der Waals surface area (Å²) in [6, 6.07) is 9.78. The van der Waals surface area contributed by atoms with Gasteiger partial charge in [-0.25, -0.2) is 8.78 Å². The van der Waals surface area contributed by atoms with Gasteiger partial charge in [-0.2, -0.15) is 0 Å². The highest BCUT2D eigenvalue weighted by Gasteiger charge is 2.17. The number of carbonyl (C=O) groups is 1. The summed E-state index contributed by atoms with van der Waals surface area (Å²) in [6.45, 7) is 0. The minimum Gasteiger partial charge on any atom is -0.361 e. The minimum absolute atomic E-state index is 0.0919. The van der Waals surface area contributed by atoms with Crippen molar-refractivity contribution in [2.45, 2.75) is 12.5 Å². The van der Waals surface area contributed by atoms with E-state index < -0.39 is 23.6 Å². The molecule has 0 fully saturated rings. The minimum atomic E-state index is -0.848. The average Bonchev–Trinajstić information content (AvgIpc) is 2.93. The second-order valence-corrected chi connectivity index (χ2v) is 5.28. The molecule has 0 saturated carbocycles. The van der Waals surface area contributed by atoms with E-state index in [-0.39, 0.29) is 5.69 Å². The first-order valence-corrected chi connectivity index (χ1v) is 7.11. The summed E-state index contributed by atoms with van der Waals surface area (Å²) in [6.07, 6.45) is 2.11. The van der Waals surface area contributed by atoms with Crippen molar-refractivity contribution in [3.05, 3.63) is 65.9 Å². The summed E-state index contributed by atoms with van der Waals surface area (Å²) in [5.74, 6) is -2.07. The van der Waals surface area contributed by atoms with E-state index in [0.717, 1.165) is 22.5 Å². The first kappa shape index (κ1) is 15.2.